The minimum Gasteiger partial charge on any atom is -0.497 e. The molecule has 2 nitrogen and oxygen atoms in total. The second-order valence-electron chi connectivity index (χ2n) is 5.50. The van der Waals surface area contributed by atoms with Crippen molar-refractivity contribution in [2.75, 3.05) is 13.7 Å². The van der Waals surface area contributed by atoms with Crippen molar-refractivity contribution in [2.45, 2.75) is 39.0 Å². The van der Waals surface area contributed by atoms with Gasteiger partial charge in [-0.15, -0.1) is 0 Å². The van der Waals surface area contributed by atoms with E-state index in [1.807, 2.05) is 13.0 Å². The number of benzene rings is 2. The van der Waals surface area contributed by atoms with E-state index in [1.54, 1.807) is 7.11 Å². The van der Waals surface area contributed by atoms with Gasteiger partial charge in [-0.05, 0) is 67.5 Å². The van der Waals surface area contributed by atoms with Gasteiger partial charge in [0.15, 0.2) is 0 Å². The predicted molar refractivity (Wildman–Crippen MR) is 92.0 cm³/mol. The highest BCUT2D eigenvalue weighted by atomic mass is 16.5. The summed E-state index contributed by atoms with van der Waals surface area (Å²) in [5.41, 5.74) is 2.73. The van der Waals surface area contributed by atoms with E-state index in [0.29, 0.717) is 12.5 Å². The maximum Gasteiger partial charge on any atom is 0.119 e. The number of ether oxygens (including phenoxy) is 2. The van der Waals surface area contributed by atoms with E-state index < -0.39 is 0 Å². The molecule has 0 fully saturated rings. The zero-order valence-corrected chi connectivity index (χ0v) is 13.8. The van der Waals surface area contributed by atoms with Crippen LogP contribution in [0.2, 0.25) is 0 Å². The van der Waals surface area contributed by atoms with Gasteiger partial charge in [0.25, 0.3) is 0 Å². The third kappa shape index (κ3) is 4.52. The Hall–Kier alpha value is -1.96. The molecule has 0 aromatic heterocycles. The average molecular weight is 298 g/mol. The maximum absolute atomic E-state index is 5.52. The fraction of sp³-hybridized carbons (Fsp3) is 0.400. The molecule has 0 aliphatic rings. The van der Waals surface area contributed by atoms with Gasteiger partial charge in [0.1, 0.15) is 11.5 Å². The van der Waals surface area contributed by atoms with Gasteiger partial charge in [-0.2, -0.15) is 0 Å². The van der Waals surface area contributed by atoms with Crippen LogP contribution in [0, 0.1) is 0 Å². The molecule has 0 heterocycles. The zero-order valence-electron chi connectivity index (χ0n) is 13.8. The van der Waals surface area contributed by atoms with Gasteiger partial charge >= 0.3 is 0 Å². The predicted octanol–water partition coefficient (Wildman–Crippen LogP) is 5.22. The summed E-state index contributed by atoms with van der Waals surface area (Å²) < 4.78 is 10.8. The largest absolute Gasteiger partial charge is 0.497 e. The van der Waals surface area contributed by atoms with Crippen LogP contribution in [0.3, 0.4) is 0 Å². The Morgan fingerprint density at radius 1 is 0.955 bits per heavy atom. The van der Waals surface area contributed by atoms with Crippen LogP contribution in [0.4, 0.5) is 0 Å². The van der Waals surface area contributed by atoms with Crippen molar-refractivity contribution in [3.05, 3.63) is 59.7 Å². The lowest BCUT2D eigenvalue weighted by Gasteiger charge is -2.16. The topological polar surface area (TPSA) is 18.5 Å². The molecule has 0 spiro atoms. The molecule has 2 heteroatoms. The Morgan fingerprint density at radius 3 is 2.36 bits per heavy atom. The van der Waals surface area contributed by atoms with Crippen LogP contribution in [0.15, 0.2) is 48.5 Å². The quantitative estimate of drug-likeness (QED) is 0.665. The fourth-order valence-electron chi connectivity index (χ4n) is 2.78. The molecule has 2 rings (SSSR count). The van der Waals surface area contributed by atoms with E-state index >= 15 is 0 Å². The molecule has 2 aromatic rings. The summed E-state index contributed by atoms with van der Waals surface area (Å²) in [4.78, 5) is 0. The third-order valence-corrected chi connectivity index (χ3v) is 4.07. The van der Waals surface area contributed by atoms with Crippen LogP contribution in [0.25, 0.3) is 0 Å². The first-order chi connectivity index (χ1) is 10.8. The Bertz CT molecular complexity index is 560. The first-order valence-electron chi connectivity index (χ1n) is 8.12. The fourth-order valence-corrected chi connectivity index (χ4v) is 2.78. The number of aryl methyl sites for hydroxylation is 1. The van der Waals surface area contributed by atoms with Gasteiger partial charge in [0.2, 0.25) is 0 Å². The number of methoxy groups -OCH3 is 1. The van der Waals surface area contributed by atoms with Crippen LogP contribution < -0.4 is 9.47 Å². The highest BCUT2D eigenvalue weighted by molar-refractivity contribution is 5.31. The van der Waals surface area contributed by atoms with Crippen molar-refractivity contribution in [2.24, 2.45) is 0 Å². The van der Waals surface area contributed by atoms with Crippen molar-refractivity contribution in [3.8, 4) is 11.5 Å². The van der Waals surface area contributed by atoms with Gasteiger partial charge < -0.3 is 9.47 Å². The molecule has 118 valence electrons. The SMILES string of the molecule is CCOc1ccc(C(CC)CCc2cccc(OC)c2)cc1. The summed E-state index contributed by atoms with van der Waals surface area (Å²) in [6.07, 6.45) is 3.37. The molecular formula is C20H26O2. The Morgan fingerprint density at radius 2 is 1.73 bits per heavy atom. The van der Waals surface area contributed by atoms with E-state index in [4.69, 9.17) is 9.47 Å². The first kappa shape index (κ1) is 16.4. The maximum atomic E-state index is 5.52. The smallest absolute Gasteiger partial charge is 0.119 e. The van der Waals surface area contributed by atoms with Gasteiger partial charge in [-0.3, -0.25) is 0 Å². The van der Waals surface area contributed by atoms with Crippen LogP contribution >= 0.6 is 0 Å². The molecule has 2 aromatic carbocycles. The van der Waals surface area contributed by atoms with Crippen LogP contribution in [-0.4, -0.2) is 13.7 Å². The lowest BCUT2D eigenvalue weighted by molar-refractivity contribution is 0.340. The number of hydrogen-bond acceptors (Lipinski definition) is 2. The van der Waals surface area contributed by atoms with Crippen LogP contribution in [-0.2, 0) is 6.42 Å². The summed E-state index contributed by atoms with van der Waals surface area (Å²) in [6.45, 7) is 4.98. The molecule has 0 bridgehead atoms. The summed E-state index contributed by atoms with van der Waals surface area (Å²) in [5, 5.41) is 0. The van der Waals surface area contributed by atoms with Gasteiger partial charge in [-0.1, -0.05) is 31.2 Å². The summed E-state index contributed by atoms with van der Waals surface area (Å²) in [6, 6.07) is 16.9. The van der Waals surface area contributed by atoms with Gasteiger partial charge in [-0.25, -0.2) is 0 Å². The highest BCUT2D eigenvalue weighted by Crippen LogP contribution is 2.27. The van der Waals surface area contributed by atoms with E-state index in [-0.39, 0.29) is 0 Å². The van der Waals surface area contributed by atoms with E-state index in [0.717, 1.165) is 30.8 Å². The minimum atomic E-state index is 0.585. The molecule has 0 radical (unpaired) electrons. The molecule has 0 saturated carbocycles. The van der Waals surface area contributed by atoms with Gasteiger partial charge in [0, 0.05) is 0 Å². The third-order valence-electron chi connectivity index (χ3n) is 4.07. The average Bonchev–Trinajstić information content (AvgIpc) is 2.57. The first-order valence-corrected chi connectivity index (χ1v) is 8.12. The van der Waals surface area contributed by atoms with Crippen molar-refractivity contribution < 1.29 is 9.47 Å². The Labute approximate surface area is 134 Å². The molecule has 0 aliphatic carbocycles. The molecule has 22 heavy (non-hydrogen) atoms. The Balaban J connectivity index is 1.99. The van der Waals surface area contributed by atoms with Crippen molar-refractivity contribution in [3.63, 3.8) is 0 Å². The summed E-state index contributed by atoms with van der Waals surface area (Å²) in [5.74, 6) is 2.47. The van der Waals surface area contributed by atoms with E-state index in [1.165, 1.54) is 11.1 Å². The number of hydrogen-bond donors (Lipinski definition) is 0. The number of rotatable bonds is 8. The van der Waals surface area contributed by atoms with Crippen molar-refractivity contribution >= 4 is 0 Å². The molecule has 0 saturated heterocycles. The standard InChI is InChI=1S/C20H26O2/c1-4-17(18-11-13-19(14-12-18)22-5-2)10-9-16-7-6-8-20(15-16)21-3/h6-8,11-15,17H,4-5,9-10H2,1-3H3. The normalized spacial score (nSPS) is 12.0. The van der Waals surface area contributed by atoms with Gasteiger partial charge in [0.05, 0.1) is 13.7 Å². The van der Waals surface area contributed by atoms with Crippen LogP contribution in [0.1, 0.15) is 43.7 Å². The minimum absolute atomic E-state index is 0.585. The highest BCUT2D eigenvalue weighted by Gasteiger charge is 2.10. The van der Waals surface area contributed by atoms with Crippen LogP contribution in [0.5, 0.6) is 11.5 Å². The lowest BCUT2D eigenvalue weighted by Crippen LogP contribution is -2.00. The van der Waals surface area contributed by atoms with E-state index in [9.17, 15) is 0 Å². The molecule has 1 atom stereocenters. The molecule has 0 aliphatic heterocycles. The van der Waals surface area contributed by atoms with Crippen molar-refractivity contribution in [1.82, 2.24) is 0 Å². The molecule has 1 unspecified atom stereocenters. The lowest BCUT2D eigenvalue weighted by atomic mass is 9.90. The summed E-state index contributed by atoms with van der Waals surface area (Å²) in [7, 11) is 1.72. The van der Waals surface area contributed by atoms with Crippen molar-refractivity contribution in [1.29, 1.82) is 0 Å². The second-order valence-corrected chi connectivity index (χ2v) is 5.50. The summed E-state index contributed by atoms with van der Waals surface area (Å²) >= 11 is 0. The zero-order chi connectivity index (χ0) is 15.8. The Kier molecular flexibility index (Phi) is 6.32. The monoisotopic (exact) mass is 298 g/mol. The molecule has 0 amide bonds. The molecule has 0 N–H and O–H groups in total. The molecular weight excluding hydrogens is 272 g/mol. The second kappa shape index (κ2) is 8.47. The van der Waals surface area contributed by atoms with E-state index in [2.05, 4.69) is 49.4 Å².